The molecule has 4 N–H and O–H groups in total. The molecule has 2 rings (SSSR count). The first kappa shape index (κ1) is 17.6. The molecule has 9 nitrogen and oxygen atoms in total. The highest BCUT2D eigenvalue weighted by Crippen LogP contribution is 2.33. The number of H-pyrrole nitrogens is 1. The molecule has 0 unspecified atom stereocenters. The molecule has 0 aliphatic rings. The second kappa shape index (κ2) is 7.65. The predicted octanol–water partition coefficient (Wildman–Crippen LogP) is 0.995. The summed E-state index contributed by atoms with van der Waals surface area (Å²) < 4.78 is 16.6. The molecule has 0 aliphatic carbocycles. The van der Waals surface area contributed by atoms with Gasteiger partial charge in [0.25, 0.3) is 0 Å². The standard InChI is InChI=1S/C13H20N5O4P/c1-9(2)22-11-5-3-10(4-6-11)7-12(13-15-17-18-16-13)14-8-23(19,20)21/h3-6,9,12,14H,7-8H2,1-2H3,(H2,19,20,21)(H,15,16,17,18)/t12-/m0/s1. The number of tetrazole rings is 1. The van der Waals surface area contributed by atoms with Crippen molar-refractivity contribution in [1.82, 2.24) is 25.9 Å². The quantitative estimate of drug-likeness (QED) is 0.523. The van der Waals surface area contributed by atoms with Crippen molar-refractivity contribution < 1.29 is 19.1 Å². The summed E-state index contributed by atoms with van der Waals surface area (Å²) in [5.74, 6) is 1.11. The van der Waals surface area contributed by atoms with E-state index >= 15 is 0 Å². The minimum atomic E-state index is -4.17. The SMILES string of the molecule is CC(C)Oc1ccc(C[C@H](NCP(=O)(O)O)c2nn[nH]n2)cc1. The van der Waals surface area contributed by atoms with E-state index in [9.17, 15) is 4.57 Å². The van der Waals surface area contributed by atoms with Gasteiger partial charge in [-0.3, -0.25) is 9.88 Å². The molecule has 1 atom stereocenters. The molecular formula is C13H20N5O4P. The number of aromatic amines is 1. The second-order valence-electron chi connectivity index (χ2n) is 5.36. The minimum Gasteiger partial charge on any atom is -0.491 e. The normalized spacial score (nSPS) is 13.3. The van der Waals surface area contributed by atoms with E-state index < -0.39 is 19.9 Å². The maximum absolute atomic E-state index is 11.1. The molecule has 10 heteroatoms. The van der Waals surface area contributed by atoms with Gasteiger partial charge in [0.2, 0.25) is 0 Å². The van der Waals surface area contributed by atoms with E-state index in [1.165, 1.54) is 0 Å². The number of ether oxygens (including phenoxy) is 1. The maximum atomic E-state index is 11.1. The number of nitrogens with one attached hydrogen (secondary N) is 2. The first-order chi connectivity index (χ1) is 10.8. The molecule has 0 fully saturated rings. The Bertz CT molecular complexity index is 641. The predicted molar refractivity (Wildman–Crippen MR) is 82.9 cm³/mol. The van der Waals surface area contributed by atoms with Crippen molar-refractivity contribution in [3.05, 3.63) is 35.7 Å². The maximum Gasteiger partial charge on any atom is 0.339 e. The van der Waals surface area contributed by atoms with Crippen LogP contribution in [0, 0.1) is 0 Å². The van der Waals surface area contributed by atoms with Crippen molar-refractivity contribution >= 4 is 7.60 Å². The zero-order valence-corrected chi connectivity index (χ0v) is 13.8. The minimum absolute atomic E-state index is 0.0952. The van der Waals surface area contributed by atoms with E-state index in [-0.39, 0.29) is 6.10 Å². The largest absolute Gasteiger partial charge is 0.491 e. The summed E-state index contributed by atoms with van der Waals surface area (Å²) in [4.78, 5) is 18.0. The Hall–Kier alpha value is -1.80. The molecule has 126 valence electrons. The lowest BCUT2D eigenvalue weighted by atomic mass is 10.1. The van der Waals surface area contributed by atoms with Crippen molar-refractivity contribution in [2.24, 2.45) is 0 Å². The van der Waals surface area contributed by atoms with Crippen molar-refractivity contribution in [2.45, 2.75) is 32.4 Å². The number of hydrogen-bond donors (Lipinski definition) is 4. The molecule has 0 radical (unpaired) electrons. The fraction of sp³-hybridized carbons (Fsp3) is 0.462. The third-order valence-corrected chi connectivity index (χ3v) is 3.55. The molecule has 0 saturated heterocycles. The highest BCUT2D eigenvalue weighted by atomic mass is 31.2. The fourth-order valence-electron chi connectivity index (χ4n) is 2.01. The first-order valence-electron chi connectivity index (χ1n) is 7.10. The molecule has 0 amide bonds. The number of rotatable bonds is 8. The number of benzene rings is 1. The number of nitrogens with zero attached hydrogens (tertiary/aromatic N) is 3. The van der Waals surface area contributed by atoms with Crippen LogP contribution in [0.1, 0.15) is 31.3 Å². The summed E-state index contributed by atoms with van der Waals surface area (Å²) in [5.41, 5.74) is 0.953. The van der Waals surface area contributed by atoms with E-state index in [4.69, 9.17) is 14.5 Å². The summed E-state index contributed by atoms with van der Waals surface area (Å²) in [7, 11) is -4.17. The lowest BCUT2D eigenvalue weighted by Gasteiger charge is -2.16. The summed E-state index contributed by atoms with van der Waals surface area (Å²) >= 11 is 0. The van der Waals surface area contributed by atoms with Crippen LogP contribution in [0.15, 0.2) is 24.3 Å². The van der Waals surface area contributed by atoms with Crippen LogP contribution in [0.4, 0.5) is 0 Å². The van der Waals surface area contributed by atoms with Gasteiger partial charge in [0.1, 0.15) is 5.75 Å². The molecule has 1 aromatic carbocycles. The van der Waals surface area contributed by atoms with Crippen molar-refractivity contribution in [3.8, 4) is 5.75 Å². The molecule has 2 aromatic rings. The highest BCUT2D eigenvalue weighted by molar-refractivity contribution is 7.51. The summed E-state index contributed by atoms with van der Waals surface area (Å²) in [6.45, 7) is 3.90. The van der Waals surface area contributed by atoms with E-state index in [1.54, 1.807) is 0 Å². The Labute approximate surface area is 133 Å². The second-order valence-corrected chi connectivity index (χ2v) is 7.01. The van der Waals surface area contributed by atoms with E-state index in [1.807, 2.05) is 38.1 Å². The van der Waals surface area contributed by atoms with Crippen LogP contribution in [0.25, 0.3) is 0 Å². The van der Waals surface area contributed by atoms with Crippen LogP contribution in [0.5, 0.6) is 5.75 Å². The lowest BCUT2D eigenvalue weighted by Crippen LogP contribution is -2.25. The van der Waals surface area contributed by atoms with Crippen LogP contribution in [-0.4, -0.2) is 42.8 Å². The monoisotopic (exact) mass is 341 g/mol. The topological polar surface area (TPSA) is 133 Å². The average Bonchev–Trinajstić information content (AvgIpc) is 2.97. The Morgan fingerprint density at radius 2 is 2.00 bits per heavy atom. The lowest BCUT2D eigenvalue weighted by molar-refractivity contribution is 0.242. The third kappa shape index (κ3) is 6.07. The van der Waals surface area contributed by atoms with Gasteiger partial charge in [0.15, 0.2) is 5.82 Å². The van der Waals surface area contributed by atoms with Crippen molar-refractivity contribution in [1.29, 1.82) is 0 Å². The summed E-state index contributed by atoms with van der Waals surface area (Å²) in [5, 5.41) is 16.4. The van der Waals surface area contributed by atoms with Crippen molar-refractivity contribution in [3.63, 3.8) is 0 Å². The van der Waals surface area contributed by atoms with Gasteiger partial charge in [-0.25, -0.2) is 0 Å². The van der Waals surface area contributed by atoms with Crippen molar-refractivity contribution in [2.75, 3.05) is 6.29 Å². The summed E-state index contributed by atoms with van der Waals surface area (Å²) in [6.07, 6.45) is 0.0975. The first-order valence-corrected chi connectivity index (χ1v) is 8.90. The molecular weight excluding hydrogens is 321 g/mol. The van der Waals surface area contributed by atoms with Gasteiger partial charge in [0, 0.05) is 0 Å². The Kier molecular flexibility index (Phi) is 5.84. The van der Waals surface area contributed by atoms with Crippen LogP contribution < -0.4 is 10.1 Å². The van der Waals surface area contributed by atoms with Gasteiger partial charge in [0.05, 0.1) is 18.4 Å². The number of aromatic nitrogens is 4. The molecule has 1 aromatic heterocycles. The highest BCUT2D eigenvalue weighted by Gasteiger charge is 2.21. The Balaban J connectivity index is 2.06. The molecule has 0 aliphatic heterocycles. The van der Waals surface area contributed by atoms with Gasteiger partial charge < -0.3 is 14.5 Å². The van der Waals surface area contributed by atoms with E-state index in [2.05, 4.69) is 25.9 Å². The smallest absolute Gasteiger partial charge is 0.339 e. The van der Waals surface area contributed by atoms with E-state index in [0.29, 0.717) is 12.2 Å². The molecule has 0 saturated carbocycles. The van der Waals surface area contributed by atoms with Crippen LogP contribution >= 0.6 is 7.60 Å². The van der Waals surface area contributed by atoms with Gasteiger partial charge >= 0.3 is 7.60 Å². The Morgan fingerprint density at radius 3 is 2.52 bits per heavy atom. The van der Waals surface area contributed by atoms with E-state index in [0.717, 1.165) is 11.3 Å². The number of hydrogen-bond acceptors (Lipinski definition) is 6. The molecule has 1 heterocycles. The van der Waals surface area contributed by atoms with Gasteiger partial charge in [-0.2, -0.15) is 5.21 Å². The van der Waals surface area contributed by atoms with Gasteiger partial charge in [-0.15, -0.1) is 10.2 Å². The van der Waals surface area contributed by atoms with Crippen LogP contribution in [0.3, 0.4) is 0 Å². The Morgan fingerprint density at radius 1 is 1.30 bits per heavy atom. The zero-order chi connectivity index (χ0) is 16.9. The summed E-state index contributed by atoms with van der Waals surface area (Å²) in [6, 6.07) is 7.03. The molecule has 0 spiro atoms. The molecule has 0 bridgehead atoms. The third-order valence-electron chi connectivity index (χ3n) is 2.95. The average molecular weight is 341 g/mol. The van der Waals surface area contributed by atoms with Gasteiger partial charge in [-0.05, 0) is 38.0 Å². The van der Waals surface area contributed by atoms with Crippen LogP contribution in [-0.2, 0) is 11.0 Å². The van der Waals surface area contributed by atoms with Gasteiger partial charge in [-0.1, -0.05) is 17.3 Å². The fourth-order valence-corrected chi connectivity index (χ4v) is 2.47. The zero-order valence-electron chi connectivity index (χ0n) is 12.9. The van der Waals surface area contributed by atoms with Crippen LogP contribution in [0.2, 0.25) is 0 Å². The molecule has 23 heavy (non-hydrogen) atoms.